The molecule has 1 rings (SSSR count). The summed E-state index contributed by atoms with van der Waals surface area (Å²) in [5.74, 6) is 2.20. The molecule has 2 N–H and O–H groups in total. The fourth-order valence-corrected chi connectivity index (χ4v) is 2.72. The Bertz CT molecular complexity index is 240. The molecule has 0 radical (unpaired) electrons. The molecule has 0 heterocycles. The quantitative estimate of drug-likeness (QED) is 0.747. The van der Waals surface area contributed by atoms with Crippen LogP contribution in [0, 0.1) is 17.8 Å². The molecule has 1 amide bonds. The van der Waals surface area contributed by atoms with E-state index in [-0.39, 0.29) is 5.91 Å². The summed E-state index contributed by atoms with van der Waals surface area (Å²) >= 11 is 0. The molecule has 100 valence electrons. The van der Waals surface area contributed by atoms with E-state index in [9.17, 15) is 4.79 Å². The molecule has 0 aromatic carbocycles. The van der Waals surface area contributed by atoms with Gasteiger partial charge in [-0.2, -0.15) is 0 Å². The van der Waals surface area contributed by atoms with Crippen LogP contribution in [-0.2, 0) is 4.79 Å². The van der Waals surface area contributed by atoms with Crippen molar-refractivity contribution in [3.63, 3.8) is 0 Å². The Morgan fingerprint density at radius 3 is 2.59 bits per heavy atom. The van der Waals surface area contributed by atoms with Gasteiger partial charge in [-0.3, -0.25) is 4.79 Å². The summed E-state index contributed by atoms with van der Waals surface area (Å²) in [4.78, 5) is 11.6. The van der Waals surface area contributed by atoms with Crippen molar-refractivity contribution < 1.29 is 4.79 Å². The molecule has 1 aliphatic carbocycles. The molecule has 0 aliphatic heterocycles. The van der Waals surface area contributed by atoms with E-state index in [2.05, 4.69) is 38.3 Å². The van der Waals surface area contributed by atoms with E-state index in [1.807, 2.05) is 0 Å². The molecular formula is C14H28N2O. The highest BCUT2D eigenvalue weighted by Gasteiger charge is 2.31. The smallest absolute Gasteiger partial charge is 0.233 e. The van der Waals surface area contributed by atoms with E-state index in [4.69, 9.17) is 0 Å². The van der Waals surface area contributed by atoms with Gasteiger partial charge in [0.25, 0.3) is 0 Å². The zero-order valence-electron chi connectivity index (χ0n) is 11.8. The Morgan fingerprint density at radius 2 is 2.06 bits per heavy atom. The highest BCUT2D eigenvalue weighted by atomic mass is 16.1. The molecule has 0 bridgehead atoms. The maximum absolute atomic E-state index is 11.6. The maximum atomic E-state index is 11.6. The van der Waals surface area contributed by atoms with Crippen LogP contribution in [0.5, 0.6) is 0 Å². The predicted molar refractivity (Wildman–Crippen MR) is 71.8 cm³/mol. The van der Waals surface area contributed by atoms with Crippen molar-refractivity contribution in [2.24, 2.45) is 17.8 Å². The lowest BCUT2D eigenvalue weighted by atomic mass is 9.93. The zero-order valence-corrected chi connectivity index (χ0v) is 11.8. The van der Waals surface area contributed by atoms with Crippen LogP contribution in [0.3, 0.4) is 0 Å². The van der Waals surface area contributed by atoms with Crippen LogP contribution in [0.2, 0.25) is 0 Å². The maximum Gasteiger partial charge on any atom is 0.233 e. The monoisotopic (exact) mass is 240 g/mol. The fraction of sp³-hybridized carbons (Fsp3) is 0.929. The second kappa shape index (κ2) is 7.00. The minimum atomic E-state index is 0.130. The van der Waals surface area contributed by atoms with E-state index in [0.717, 1.165) is 12.5 Å². The zero-order chi connectivity index (χ0) is 12.8. The van der Waals surface area contributed by atoms with Crippen molar-refractivity contribution in [3.8, 4) is 0 Å². The molecule has 3 atom stereocenters. The highest BCUT2D eigenvalue weighted by molar-refractivity contribution is 5.78. The SMILES string of the molecule is CCC1CCC(NCC(=O)NCC(C)C)C1C. The fourth-order valence-electron chi connectivity index (χ4n) is 2.72. The van der Waals surface area contributed by atoms with Crippen LogP contribution < -0.4 is 10.6 Å². The topological polar surface area (TPSA) is 41.1 Å². The highest BCUT2D eigenvalue weighted by Crippen LogP contribution is 2.33. The van der Waals surface area contributed by atoms with Crippen molar-refractivity contribution in [2.75, 3.05) is 13.1 Å². The lowest BCUT2D eigenvalue weighted by molar-refractivity contribution is -0.120. The Morgan fingerprint density at radius 1 is 1.35 bits per heavy atom. The van der Waals surface area contributed by atoms with Gasteiger partial charge >= 0.3 is 0 Å². The molecule has 0 spiro atoms. The number of hydrogen-bond donors (Lipinski definition) is 2. The van der Waals surface area contributed by atoms with Gasteiger partial charge in [-0.25, -0.2) is 0 Å². The van der Waals surface area contributed by atoms with Crippen molar-refractivity contribution in [1.29, 1.82) is 0 Å². The Hall–Kier alpha value is -0.570. The molecular weight excluding hydrogens is 212 g/mol. The summed E-state index contributed by atoms with van der Waals surface area (Å²) < 4.78 is 0. The number of amides is 1. The van der Waals surface area contributed by atoms with Gasteiger partial charge in [0.1, 0.15) is 0 Å². The number of nitrogens with one attached hydrogen (secondary N) is 2. The van der Waals surface area contributed by atoms with Gasteiger partial charge in [0.2, 0.25) is 5.91 Å². The second-order valence-electron chi connectivity index (χ2n) is 5.79. The van der Waals surface area contributed by atoms with Gasteiger partial charge in [-0.15, -0.1) is 0 Å². The van der Waals surface area contributed by atoms with Crippen molar-refractivity contribution in [3.05, 3.63) is 0 Å². The third-order valence-corrected chi connectivity index (χ3v) is 3.98. The first-order valence-electron chi connectivity index (χ1n) is 7.04. The number of hydrogen-bond acceptors (Lipinski definition) is 2. The van der Waals surface area contributed by atoms with Crippen LogP contribution in [0.4, 0.5) is 0 Å². The van der Waals surface area contributed by atoms with E-state index >= 15 is 0 Å². The lowest BCUT2D eigenvalue weighted by Gasteiger charge is -2.20. The van der Waals surface area contributed by atoms with Crippen LogP contribution in [0.1, 0.15) is 47.0 Å². The molecule has 17 heavy (non-hydrogen) atoms. The molecule has 1 saturated carbocycles. The van der Waals surface area contributed by atoms with E-state index in [1.165, 1.54) is 19.3 Å². The van der Waals surface area contributed by atoms with E-state index in [1.54, 1.807) is 0 Å². The van der Waals surface area contributed by atoms with Crippen LogP contribution in [0.15, 0.2) is 0 Å². The standard InChI is InChI=1S/C14H28N2O/c1-5-12-6-7-13(11(12)4)15-9-14(17)16-8-10(2)3/h10-13,15H,5-9H2,1-4H3,(H,16,17). The van der Waals surface area contributed by atoms with Gasteiger partial charge in [0.15, 0.2) is 0 Å². The van der Waals surface area contributed by atoms with Crippen molar-refractivity contribution >= 4 is 5.91 Å². The first-order valence-corrected chi connectivity index (χ1v) is 7.04. The number of carbonyl (C=O) groups is 1. The summed E-state index contributed by atoms with van der Waals surface area (Å²) in [7, 11) is 0. The van der Waals surface area contributed by atoms with Crippen LogP contribution in [0.25, 0.3) is 0 Å². The van der Waals surface area contributed by atoms with Crippen molar-refractivity contribution in [2.45, 2.75) is 53.0 Å². The Kier molecular flexibility index (Phi) is 5.96. The van der Waals surface area contributed by atoms with E-state index < -0.39 is 0 Å². The van der Waals surface area contributed by atoms with Gasteiger partial charge in [-0.1, -0.05) is 34.1 Å². The van der Waals surface area contributed by atoms with Gasteiger partial charge < -0.3 is 10.6 Å². The minimum absolute atomic E-state index is 0.130. The number of carbonyl (C=O) groups excluding carboxylic acids is 1. The molecule has 0 aromatic rings. The van der Waals surface area contributed by atoms with Crippen molar-refractivity contribution in [1.82, 2.24) is 10.6 Å². The van der Waals surface area contributed by atoms with E-state index in [0.29, 0.717) is 24.4 Å². The molecule has 3 unspecified atom stereocenters. The Balaban J connectivity index is 2.20. The molecule has 3 heteroatoms. The molecule has 0 aromatic heterocycles. The number of rotatable bonds is 6. The summed E-state index contributed by atoms with van der Waals surface area (Å²) in [5.41, 5.74) is 0. The molecule has 0 saturated heterocycles. The summed E-state index contributed by atoms with van der Waals surface area (Å²) in [6.07, 6.45) is 3.79. The summed E-state index contributed by atoms with van der Waals surface area (Å²) in [6, 6.07) is 0.532. The largest absolute Gasteiger partial charge is 0.355 e. The molecule has 3 nitrogen and oxygen atoms in total. The second-order valence-corrected chi connectivity index (χ2v) is 5.79. The summed E-state index contributed by atoms with van der Waals surface area (Å²) in [5, 5.41) is 6.35. The van der Waals surface area contributed by atoms with Gasteiger partial charge in [-0.05, 0) is 30.6 Å². The molecule has 1 aliphatic rings. The first kappa shape index (κ1) is 14.5. The summed E-state index contributed by atoms with van der Waals surface area (Å²) in [6.45, 7) is 10.0. The Labute approximate surface area is 106 Å². The lowest BCUT2D eigenvalue weighted by Crippen LogP contribution is -2.41. The third kappa shape index (κ3) is 4.66. The predicted octanol–water partition coefficient (Wildman–Crippen LogP) is 2.17. The molecule has 1 fully saturated rings. The average Bonchev–Trinajstić information content (AvgIpc) is 2.64. The van der Waals surface area contributed by atoms with Crippen LogP contribution in [-0.4, -0.2) is 25.0 Å². The van der Waals surface area contributed by atoms with Gasteiger partial charge in [0.05, 0.1) is 6.54 Å². The first-order chi connectivity index (χ1) is 8.04. The van der Waals surface area contributed by atoms with Gasteiger partial charge in [0, 0.05) is 12.6 Å². The third-order valence-electron chi connectivity index (χ3n) is 3.98. The van der Waals surface area contributed by atoms with Crippen LogP contribution >= 0.6 is 0 Å². The normalized spacial score (nSPS) is 28.6. The average molecular weight is 240 g/mol. The minimum Gasteiger partial charge on any atom is -0.355 e.